The van der Waals surface area contributed by atoms with Gasteiger partial charge in [-0.3, -0.25) is 9.97 Å². The van der Waals surface area contributed by atoms with E-state index in [1.165, 1.54) is 0 Å². The molecule has 0 bridgehead atoms. The molecule has 2 aromatic heterocycles. The lowest BCUT2D eigenvalue weighted by molar-refractivity contribution is 0.00578. The third kappa shape index (κ3) is 2.03. The summed E-state index contributed by atoms with van der Waals surface area (Å²) in [5.41, 5.74) is 1.97. The minimum atomic E-state index is -0.385. The van der Waals surface area contributed by atoms with Crippen molar-refractivity contribution in [2.75, 3.05) is 0 Å². The van der Waals surface area contributed by atoms with Crippen LogP contribution in [0.2, 0.25) is 0 Å². The molecule has 2 aromatic rings. The zero-order valence-electron chi connectivity index (χ0n) is 11.7. The zero-order valence-corrected chi connectivity index (χ0v) is 11.7. The summed E-state index contributed by atoms with van der Waals surface area (Å²) >= 11 is 0. The molecular formula is C14H17BN2O2. The van der Waals surface area contributed by atoms with Gasteiger partial charge in [-0.05, 0) is 45.9 Å². The van der Waals surface area contributed by atoms with Gasteiger partial charge in [0, 0.05) is 17.9 Å². The molecule has 1 aliphatic rings. The van der Waals surface area contributed by atoms with Gasteiger partial charge in [-0.25, -0.2) is 0 Å². The molecule has 19 heavy (non-hydrogen) atoms. The average Bonchev–Trinajstić information content (AvgIpc) is 2.58. The average molecular weight is 256 g/mol. The number of hydrogen-bond donors (Lipinski definition) is 0. The molecule has 1 aliphatic heterocycles. The van der Waals surface area contributed by atoms with E-state index in [0.717, 1.165) is 16.5 Å². The first kappa shape index (κ1) is 12.6. The Balaban J connectivity index is 1.98. The van der Waals surface area contributed by atoms with Gasteiger partial charge in [-0.2, -0.15) is 0 Å². The molecule has 0 unspecified atom stereocenters. The smallest absolute Gasteiger partial charge is 0.399 e. The van der Waals surface area contributed by atoms with E-state index in [1.807, 2.05) is 45.9 Å². The van der Waals surface area contributed by atoms with E-state index in [9.17, 15) is 0 Å². The summed E-state index contributed by atoms with van der Waals surface area (Å²) in [5, 5.41) is 0. The minimum Gasteiger partial charge on any atom is -0.399 e. The molecule has 0 radical (unpaired) electrons. The molecule has 3 rings (SSSR count). The van der Waals surface area contributed by atoms with Crippen LogP contribution in [-0.2, 0) is 9.31 Å². The molecule has 0 atom stereocenters. The Kier molecular flexibility index (Phi) is 2.66. The Bertz CT molecular complexity index is 612. The molecule has 0 aromatic carbocycles. The highest BCUT2D eigenvalue weighted by atomic mass is 16.7. The maximum atomic E-state index is 6.01. The van der Waals surface area contributed by atoms with E-state index in [1.54, 1.807) is 12.4 Å². The van der Waals surface area contributed by atoms with Crippen molar-refractivity contribution in [3.05, 3.63) is 30.6 Å². The van der Waals surface area contributed by atoms with E-state index >= 15 is 0 Å². The summed E-state index contributed by atoms with van der Waals surface area (Å²) in [6, 6.07) is 5.80. The Morgan fingerprint density at radius 3 is 2.37 bits per heavy atom. The summed E-state index contributed by atoms with van der Waals surface area (Å²) < 4.78 is 12.0. The molecule has 0 aliphatic carbocycles. The normalized spacial score (nSPS) is 20.9. The third-order valence-electron chi connectivity index (χ3n) is 4.00. The predicted molar refractivity (Wildman–Crippen MR) is 75.3 cm³/mol. The number of pyridine rings is 2. The third-order valence-corrected chi connectivity index (χ3v) is 4.00. The molecule has 0 spiro atoms. The predicted octanol–water partition coefficient (Wildman–Crippen LogP) is 1.93. The van der Waals surface area contributed by atoms with E-state index < -0.39 is 0 Å². The van der Waals surface area contributed by atoms with Crippen LogP contribution >= 0.6 is 0 Å². The highest BCUT2D eigenvalue weighted by molar-refractivity contribution is 6.62. The highest BCUT2D eigenvalue weighted by Crippen LogP contribution is 2.36. The zero-order chi connectivity index (χ0) is 13.7. The lowest BCUT2D eigenvalue weighted by atomic mass is 9.80. The number of nitrogens with zero attached hydrogens (tertiary/aromatic N) is 2. The van der Waals surface area contributed by atoms with Crippen molar-refractivity contribution < 1.29 is 9.31 Å². The standard InChI is InChI=1S/C14H17BN2O2/c1-13(2)14(3,4)19-15(18-13)10-8-12-11(17-9-10)6-5-7-16-12/h5-9H,1-4H3. The molecule has 1 fully saturated rings. The van der Waals surface area contributed by atoms with Gasteiger partial charge in [0.15, 0.2) is 0 Å². The first-order valence-corrected chi connectivity index (χ1v) is 6.45. The van der Waals surface area contributed by atoms with Gasteiger partial charge in [0.25, 0.3) is 0 Å². The summed E-state index contributed by atoms with van der Waals surface area (Å²) in [4.78, 5) is 8.71. The topological polar surface area (TPSA) is 44.2 Å². The van der Waals surface area contributed by atoms with Crippen LogP contribution in [-0.4, -0.2) is 28.3 Å². The Morgan fingerprint density at radius 1 is 1.00 bits per heavy atom. The monoisotopic (exact) mass is 256 g/mol. The number of rotatable bonds is 1. The van der Waals surface area contributed by atoms with Crippen LogP contribution in [0, 0.1) is 0 Å². The van der Waals surface area contributed by atoms with Crippen LogP contribution in [0.1, 0.15) is 27.7 Å². The van der Waals surface area contributed by atoms with E-state index in [4.69, 9.17) is 9.31 Å². The van der Waals surface area contributed by atoms with Crippen molar-refractivity contribution in [2.45, 2.75) is 38.9 Å². The van der Waals surface area contributed by atoms with Crippen molar-refractivity contribution in [3.63, 3.8) is 0 Å². The van der Waals surface area contributed by atoms with Crippen LogP contribution in [0.3, 0.4) is 0 Å². The summed E-state index contributed by atoms with van der Waals surface area (Å²) in [5.74, 6) is 0. The first-order valence-electron chi connectivity index (χ1n) is 6.45. The van der Waals surface area contributed by atoms with E-state index in [-0.39, 0.29) is 18.3 Å². The van der Waals surface area contributed by atoms with Crippen LogP contribution in [0.25, 0.3) is 11.0 Å². The van der Waals surface area contributed by atoms with Crippen molar-refractivity contribution in [1.82, 2.24) is 9.97 Å². The fourth-order valence-corrected chi connectivity index (χ4v) is 2.08. The van der Waals surface area contributed by atoms with Crippen LogP contribution in [0.4, 0.5) is 0 Å². The molecule has 3 heterocycles. The minimum absolute atomic E-state index is 0.337. The molecule has 98 valence electrons. The quantitative estimate of drug-likeness (QED) is 0.731. The van der Waals surface area contributed by atoms with Crippen molar-refractivity contribution in [3.8, 4) is 0 Å². The summed E-state index contributed by atoms with van der Waals surface area (Å²) in [7, 11) is -0.385. The van der Waals surface area contributed by atoms with Crippen LogP contribution in [0.15, 0.2) is 30.6 Å². The molecular weight excluding hydrogens is 239 g/mol. The number of aromatic nitrogens is 2. The second kappa shape index (κ2) is 4.02. The van der Waals surface area contributed by atoms with Crippen LogP contribution in [0.5, 0.6) is 0 Å². The first-order chi connectivity index (χ1) is 8.89. The van der Waals surface area contributed by atoms with Crippen molar-refractivity contribution in [1.29, 1.82) is 0 Å². The van der Waals surface area contributed by atoms with Gasteiger partial charge in [-0.1, -0.05) is 0 Å². The Morgan fingerprint density at radius 2 is 1.68 bits per heavy atom. The largest absolute Gasteiger partial charge is 0.496 e. The van der Waals surface area contributed by atoms with Crippen molar-refractivity contribution >= 4 is 23.6 Å². The molecule has 0 saturated carbocycles. The lowest BCUT2D eigenvalue weighted by Gasteiger charge is -2.32. The Hall–Kier alpha value is -1.46. The van der Waals surface area contributed by atoms with E-state index in [0.29, 0.717) is 0 Å². The maximum Gasteiger partial charge on any atom is 0.496 e. The summed E-state index contributed by atoms with van der Waals surface area (Å²) in [6.07, 6.45) is 3.56. The Labute approximate surface area is 113 Å². The van der Waals surface area contributed by atoms with Crippen LogP contribution < -0.4 is 5.46 Å². The number of hydrogen-bond acceptors (Lipinski definition) is 4. The second-order valence-electron chi connectivity index (χ2n) is 5.90. The maximum absolute atomic E-state index is 6.01. The molecule has 0 N–H and O–H groups in total. The highest BCUT2D eigenvalue weighted by Gasteiger charge is 2.51. The fraction of sp³-hybridized carbons (Fsp3) is 0.429. The summed E-state index contributed by atoms with van der Waals surface area (Å²) in [6.45, 7) is 8.17. The van der Waals surface area contributed by atoms with Gasteiger partial charge < -0.3 is 9.31 Å². The fourth-order valence-electron chi connectivity index (χ4n) is 2.08. The van der Waals surface area contributed by atoms with Gasteiger partial charge >= 0.3 is 7.12 Å². The molecule has 0 amide bonds. The van der Waals surface area contributed by atoms with E-state index in [2.05, 4.69) is 9.97 Å². The SMILES string of the molecule is CC1(C)OB(c2cnc3cccnc3c2)OC1(C)C. The molecule has 5 heteroatoms. The van der Waals surface area contributed by atoms with Crippen molar-refractivity contribution in [2.24, 2.45) is 0 Å². The molecule has 4 nitrogen and oxygen atoms in total. The van der Waals surface area contributed by atoms with Gasteiger partial charge in [0.2, 0.25) is 0 Å². The van der Waals surface area contributed by atoms with Gasteiger partial charge in [0.05, 0.1) is 22.2 Å². The molecule has 1 saturated heterocycles. The second-order valence-corrected chi connectivity index (χ2v) is 5.90. The lowest BCUT2D eigenvalue weighted by Crippen LogP contribution is -2.41. The van der Waals surface area contributed by atoms with Gasteiger partial charge in [-0.15, -0.1) is 0 Å². The van der Waals surface area contributed by atoms with Gasteiger partial charge in [0.1, 0.15) is 0 Å². The number of fused-ring (bicyclic) bond motifs is 1.